The third kappa shape index (κ3) is 6.28. The molecule has 0 N–H and O–H groups in total. The van der Waals surface area contributed by atoms with Crippen molar-refractivity contribution < 1.29 is 14.3 Å². The van der Waals surface area contributed by atoms with Crippen molar-refractivity contribution >= 4 is 40.4 Å². The van der Waals surface area contributed by atoms with Crippen LogP contribution in [-0.2, 0) is 4.79 Å². The Morgan fingerprint density at radius 2 is 1.46 bits per heavy atom. The molecule has 2 rings (SSSR count). The molecule has 26 heavy (non-hydrogen) atoms. The molecule has 4 nitrogen and oxygen atoms in total. The number of carbonyl (C=O) groups excluding carboxylic acids is 1. The van der Waals surface area contributed by atoms with Crippen molar-refractivity contribution in [3.8, 4) is 11.5 Å². The molecule has 0 aliphatic rings. The minimum Gasteiger partial charge on any atom is -0.489 e. The van der Waals surface area contributed by atoms with Crippen LogP contribution in [0.15, 0.2) is 59.1 Å². The lowest BCUT2D eigenvalue weighted by molar-refractivity contribution is -0.120. The van der Waals surface area contributed by atoms with Gasteiger partial charge in [-0.05, 0) is 54.6 Å². The van der Waals surface area contributed by atoms with E-state index in [9.17, 15) is 4.79 Å². The van der Waals surface area contributed by atoms with E-state index in [-0.39, 0.29) is 16.9 Å². The first kappa shape index (κ1) is 20.1. The second kappa shape index (κ2) is 10.1. The van der Waals surface area contributed by atoms with Crippen LogP contribution >= 0.6 is 23.2 Å². The smallest absolute Gasteiger partial charge is 0.169 e. The third-order valence-electron chi connectivity index (χ3n) is 3.73. The lowest BCUT2D eigenvalue weighted by atomic mass is 10.2. The van der Waals surface area contributed by atoms with Crippen LogP contribution in [0.4, 0.5) is 11.4 Å². The molecule has 0 saturated heterocycles. The van der Waals surface area contributed by atoms with Gasteiger partial charge in [-0.15, -0.1) is 0 Å². The van der Waals surface area contributed by atoms with Gasteiger partial charge in [0.25, 0.3) is 0 Å². The van der Waals surface area contributed by atoms with Crippen molar-refractivity contribution in [2.24, 2.45) is 0 Å². The predicted octanol–water partition coefficient (Wildman–Crippen LogP) is 5.51. The highest BCUT2D eigenvalue weighted by atomic mass is 35.5. The Morgan fingerprint density at radius 3 is 1.92 bits per heavy atom. The van der Waals surface area contributed by atoms with Crippen molar-refractivity contribution in [2.45, 2.75) is 13.3 Å². The SMILES string of the molecule is CCC(=O)COc1ccc(N(C)c2ccc(OCC=C(Cl)Cl)cc2)cc1. The van der Waals surface area contributed by atoms with Gasteiger partial charge in [0, 0.05) is 24.8 Å². The standard InChI is InChI=1S/C20H21Cl2NO3/c1-3-17(24)14-26-19-10-6-16(7-11-19)23(2)15-4-8-18(9-5-15)25-13-12-20(21)22/h4-12H,3,13-14H2,1-2H3. The van der Waals surface area contributed by atoms with Crippen LogP contribution in [0.5, 0.6) is 11.5 Å². The molecule has 0 atom stereocenters. The average molecular weight is 394 g/mol. The highest BCUT2D eigenvalue weighted by molar-refractivity contribution is 6.55. The Kier molecular flexibility index (Phi) is 7.82. The Balaban J connectivity index is 1.96. The molecule has 0 aromatic heterocycles. The van der Waals surface area contributed by atoms with Crippen LogP contribution in [0.2, 0.25) is 0 Å². The van der Waals surface area contributed by atoms with Crippen LogP contribution in [0.25, 0.3) is 0 Å². The monoisotopic (exact) mass is 393 g/mol. The van der Waals surface area contributed by atoms with Crippen molar-refractivity contribution in [3.63, 3.8) is 0 Å². The molecular formula is C20H21Cl2NO3. The number of rotatable bonds is 9. The fourth-order valence-electron chi connectivity index (χ4n) is 2.15. The summed E-state index contributed by atoms with van der Waals surface area (Å²) < 4.78 is 11.2. The fraction of sp³-hybridized carbons (Fsp3) is 0.250. The van der Waals surface area contributed by atoms with E-state index in [1.165, 1.54) is 0 Å². The highest BCUT2D eigenvalue weighted by Crippen LogP contribution is 2.27. The Labute approximate surface area is 163 Å². The van der Waals surface area contributed by atoms with Crippen LogP contribution in [0.3, 0.4) is 0 Å². The van der Waals surface area contributed by atoms with Gasteiger partial charge in [-0.25, -0.2) is 0 Å². The molecule has 0 saturated carbocycles. The van der Waals surface area contributed by atoms with Crippen LogP contribution < -0.4 is 14.4 Å². The summed E-state index contributed by atoms with van der Waals surface area (Å²) >= 11 is 11.1. The number of ketones is 1. The number of hydrogen-bond acceptors (Lipinski definition) is 4. The molecule has 2 aromatic carbocycles. The zero-order valence-corrected chi connectivity index (χ0v) is 16.3. The topological polar surface area (TPSA) is 38.8 Å². The molecule has 0 fully saturated rings. The second-order valence-electron chi connectivity index (χ2n) is 5.53. The molecule has 0 radical (unpaired) electrons. The van der Waals surface area contributed by atoms with E-state index in [4.69, 9.17) is 32.7 Å². The predicted molar refractivity (Wildman–Crippen MR) is 107 cm³/mol. The molecule has 0 bridgehead atoms. The minimum absolute atomic E-state index is 0.0808. The third-order valence-corrected chi connectivity index (χ3v) is 4.04. The number of ether oxygens (including phenoxy) is 2. The van der Waals surface area contributed by atoms with E-state index >= 15 is 0 Å². The maximum Gasteiger partial charge on any atom is 0.169 e. The lowest BCUT2D eigenvalue weighted by Crippen LogP contribution is -2.11. The average Bonchev–Trinajstić information content (AvgIpc) is 2.66. The first-order valence-electron chi connectivity index (χ1n) is 8.22. The van der Waals surface area contributed by atoms with Gasteiger partial charge < -0.3 is 14.4 Å². The molecule has 0 unspecified atom stereocenters. The van der Waals surface area contributed by atoms with E-state index in [0.717, 1.165) is 17.1 Å². The van der Waals surface area contributed by atoms with E-state index in [1.54, 1.807) is 6.08 Å². The quantitative estimate of drug-likeness (QED) is 0.562. The highest BCUT2D eigenvalue weighted by Gasteiger charge is 2.06. The molecule has 0 heterocycles. The van der Waals surface area contributed by atoms with E-state index in [1.807, 2.05) is 67.4 Å². The van der Waals surface area contributed by atoms with Crippen molar-refractivity contribution in [1.29, 1.82) is 0 Å². The summed E-state index contributed by atoms with van der Waals surface area (Å²) in [6.45, 7) is 2.25. The molecule has 0 spiro atoms. The van der Waals surface area contributed by atoms with E-state index < -0.39 is 0 Å². The molecule has 2 aromatic rings. The normalized spacial score (nSPS) is 10.2. The summed E-state index contributed by atoms with van der Waals surface area (Å²) in [6.07, 6.45) is 2.07. The van der Waals surface area contributed by atoms with Gasteiger partial charge in [-0.3, -0.25) is 4.79 Å². The summed E-state index contributed by atoms with van der Waals surface area (Å²) in [6, 6.07) is 15.3. The van der Waals surface area contributed by atoms with Gasteiger partial charge in [-0.1, -0.05) is 30.1 Å². The number of Topliss-reactive ketones (excluding diaryl/α,β-unsaturated/α-hetero) is 1. The van der Waals surface area contributed by atoms with Crippen molar-refractivity contribution in [2.75, 3.05) is 25.2 Å². The number of anilines is 2. The van der Waals surface area contributed by atoms with Gasteiger partial charge in [0.1, 0.15) is 29.2 Å². The summed E-state index contributed by atoms with van der Waals surface area (Å²) in [5.41, 5.74) is 2.02. The molecule has 0 amide bonds. The van der Waals surface area contributed by atoms with Crippen LogP contribution in [-0.4, -0.2) is 26.0 Å². The number of benzene rings is 2. The molecular weight excluding hydrogens is 373 g/mol. The van der Waals surface area contributed by atoms with Gasteiger partial charge in [0.2, 0.25) is 0 Å². The summed E-state index contributed by atoms with van der Waals surface area (Å²) in [7, 11) is 1.97. The fourth-order valence-corrected chi connectivity index (χ4v) is 2.27. The number of halogens is 2. The minimum atomic E-state index is 0.0808. The first-order valence-corrected chi connectivity index (χ1v) is 8.97. The maximum absolute atomic E-state index is 11.3. The summed E-state index contributed by atoms with van der Waals surface area (Å²) in [5, 5.41) is 0. The molecule has 0 aliphatic carbocycles. The lowest BCUT2D eigenvalue weighted by Gasteiger charge is -2.20. The summed E-state index contributed by atoms with van der Waals surface area (Å²) in [4.78, 5) is 13.4. The van der Waals surface area contributed by atoms with Crippen LogP contribution in [0.1, 0.15) is 13.3 Å². The second-order valence-corrected chi connectivity index (χ2v) is 6.54. The van der Waals surface area contributed by atoms with Gasteiger partial charge in [0.05, 0.1) is 0 Å². The number of hydrogen-bond donors (Lipinski definition) is 0. The van der Waals surface area contributed by atoms with E-state index in [0.29, 0.717) is 18.8 Å². The number of carbonyl (C=O) groups is 1. The zero-order chi connectivity index (χ0) is 18.9. The Morgan fingerprint density at radius 1 is 0.962 bits per heavy atom. The molecule has 138 valence electrons. The van der Waals surface area contributed by atoms with E-state index in [2.05, 4.69) is 0 Å². The zero-order valence-electron chi connectivity index (χ0n) is 14.7. The Bertz CT molecular complexity index is 739. The summed E-state index contributed by atoms with van der Waals surface area (Å²) in [5.74, 6) is 1.49. The van der Waals surface area contributed by atoms with Crippen molar-refractivity contribution in [1.82, 2.24) is 0 Å². The largest absolute Gasteiger partial charge is 0.489 e. The number of nitrogens with zero attached hydrogens (tertiary/aromatic N) is 1. The van der Waals surface area contributed by atoms with Crippen LogP contribution in [0, 0.1) is 0 Å². The molecule has 6 heteroatoms. The van der Waals surface area contributed by atoms with Gasteiger partial charge >= 0.3 is 0 Å². The van der Waals surface area contributed by atoms with Gasteiger partial charge in [0.15, 0.2) is 5.78 Å². The first-order chi connectivity index (χ1) is 12.5. The molecule has 0 aliphatic heterocycles. The van der Waals surface area contributed by atoms with Crippen molar-refractivity contribution in [3.05, 3.63) is 59.1 Å². The maximum atomic E-state index is 11.3. The van der Waals surface area contributed by atoms with Gasteiger partial charge in [-0.2, -0.15) is 0 Å². The Hall–Kier alpha value is -2.17.